The van der Waals surface area contributed by atoms with Gasteiger partial charge in [-0.3, -0.25) is 4.79 Å². The Morgan fingerprint density at radius 1 is 1.70 bits per heavy atom. The van der Waals surface area contributed by atoms with Gasteiger partial charge in [0.2, 0.25) is 0 Å². The van der Waals surface area contributed by atoms with Crippen LogP contribution in [0.15, 0.2) is 0 Å². The van der Waals surface area contributed by atoms with Gasteiger partial charge in [0, 0.05) is 29.6 Å². The van der Waals surface area contributed by atoms with Crippen LogP contribution in [0.3, 0.4) is 0 Å². The number of carboxylic acid groups (broad SMARTS) is 1. The van der Waals surface area contributed by atoms with Crippen LogP contribution in [-0.4, -0.2) is 46.7 Å². The number of carbonyl (C=O) groups is 1. The van der Waals surface area contributed by atoms with E-state index in [1.165, 1.54) is 0 Å². The van der Waals surface area contributed by atoms with Crippen molar-refractivity contribution in [2.45, 2.75) is 26.3 Å². The van der Waals surface area contributed by atoms with E-state index in [1.54, 1.807) is 0 Å². The van der Waals surface area contributed by atoms with Crippen molar-refractivity contribution in [3.63, 3.8) is 0 Å². The molecule has 3 N–H and O–H groups in total. The van der Waals surface area contributed by atoms with Crippen molar-refractivity contribution in [1.82, 2.24) is 0 Å². The Morgan fingerprint density at radius 3 is 2.20 bits per heavy atom. The Bertz CT molecular complexity index is 108. The van der Waals surface area contributed by atoms with Crippen LogP contribution in [-0.2, 0) is 4.79 Å². The van der Waals surface area contributed by atoms with Crippen molar-refractivity contribution in [1.29, 1.82) is 0 Å². The van der Waals surface area contributed by atoms with E-state index in [0.717, 1.165) is 6.42 Å². The molecule has 0 spiro atoms. The second-order valence-electron chi connectivity index (χ2n) is 2.25. The maximum Gasteiger partial charge on any atom is 0.320 e. The molecule has 2 atom stereocenters. The fourth-order valence-electron chi connectivity index (χ4n) is 0.497. The van der Waals surface area contributed by atoms with E-state index in [1.807, 2.05) is 13.8 Å². The van der Waals surface area contributed by atoms with Crippen molar-refractivity contribution in [2.24, 2.45) is 11.7 Å². The summed E-state index contributed by atoms with van der Waals surface area (Å²) in [6, 6.07) is -0.699. The summed E-state index contributed by atoms with van der Waals surface area (Å²) < 4.78 is 0. The molecule has 0 aliphatic rings. The summed E-state index contributed by atoms with van der Waals surface area (Å²) in [5, 5.41) is 8.36. The van der Waals surface area contributed by atoms with Gasteiger partial charge in [-0.05, 0) is 5.92 Å². The molecule has 1 radical (unpaired) electrons. The molecular formula is C6H13NNaO2. The first kappa shape index (κ1) is 13.1. The molecule has 55 valence electrons. The fraction of sp³-hybridized carbons (Fsp3) is 0.833. The molecule has 0 aliphatic carbocycles. The Balaban J connectivity index is 0. The van der Waals surface area contributed by atoms with Crippen LogP contribution in [0.4, 0.5) is 0 Å². The van der Waals surface area contributed by atoms with Crippen LogP contribution in [0.1, 0.15) is 20.3 Å². The second-order valence-corrected chi connectivity index (χ2v) is 2.25. The molecular weight excluding hydrogens is 141 g/mol. The van der Waals surface area contributed by atoms with Crippen molar-refractivity contribution in [3.8, 4) is 0 Å². The Hall–Kier alpha value is 0.430. The maximum atomic E-state index is 10.2. The number of carboxylic acids is 1. The zero-order valence-corrected chi connectivity index (χ0v) is 8.79. The zero-order valence-electron chi connectivity index (χ0n) is 6.79. The summed E-state index contributed by atoms with van der Waals surface area (Å²) in [7, 11) is 0. The molecule has 0 aromatic rings. The first-order valence-electron chi connectivity index (χ1n) is 3.08. The van der Waals surface area contributed by atoms with E-state index in [2.05, 4.69) is 0 Å². The smallest absolute Gasteiger partial charge is 0.320 e. The molecule has 0 amide bonds. The zero-order chi connectivity index (χ0) is 7.44. The molecule has 0 aliphatic heterocycles. The summed E-state index contributed by atoms with van der Waals surface area (Å²) in [6.45, 7) is 3.76. The van der Waals surface area contributed by atoms with Gasteiger partial charge in [-0.25, -0.2) is 0 Å². The molecule has 0 aromatic heterocycles. The van der Waals surface area contributed by atoms with E-state index in [9.17, 15) is 4.79 Å². The Kier molecular flexibility index (Phi) is 8.04. The van der Waals surface area contributed by atoms with Gasteiger partial charge < -0.3 is 10.8 Å². The van der Waals surface area contributed by atoms with Gasteiger partial charge in [0.25, 0.3) is 0 Å². The summed E-state index contributed by atoms with van der Waals surface area (Å²) >= 11 is 0. The van der Waals surface area contributed by atoms with E-state index >= 15 is 0 Å². The third-order valence-electron chi connectivity index (χ3n) is 1.54. The van der Waals surface area contributed by atoms with E-state index in [-0.39, 0.29) is 35.5 Å². The van der Waals surface area contributed by atoms with Gasteiger partial charge in [0.05, 0.1) is 0 Å². The van der Waals surface area contributed by atoms with Gasteiger partial charge in [-0.15, -0.1) is 0 Å². The molecule has 0 aromatic carbocycles. The quantitative estimate of drug-likeness (QED) is 0.565. The third kappa shape index (κ3) is 4.28. The van der Waals surface area contributed by atoms with Crippen LogP contribution in [0.25, 0.3) is 0 Å². The van der Waals surface area contributed by atoms with Crippen molar-refractivity contribution in [2.75, 3.05) is 0 Å². The van der Waals surface area contributed by atoms with E-state index in [0.29, 0.717) is 0 Å². The van der Waals surface area contributed by atoms with Gasteiger partial charge in [-0.2, -0.15) is 0 Å². The van der Waals surface area contributed by atoms with Gasteiger partial charge in [0.1, 0.15) is 6.04 Å². The normalized spacial score (nSPS) is 15.1. The molecule has 3 nitrogen and oxygen atoms in total. The van der Waals surface area contributed by atoms with Crippen LogP contribution in [0, 0.1) is 5.92 Å². The molecule has 0 saturated carbocycles. The molecule has 4 heteroatoms. The largest absolute Gasteiger partial charge is 0.480 e. The fourth-order valence-corrected chi connectivity index (χ4v) is 0.497. The number of aliphatic carboxylic acids is 1. The van der Waals surface area contributed by atoms with Gasteiger partial charge in [-0.1, -0.05) is 20.3 Å². The first-order valence-corrected chi connectivity index (χ1v) is 3.08. The van der Waals surface area contributed by atoms with Crippen LogP contribution < -0.4 is 5.73 Å². The predicted molar refractivity (Wildman–Crippen MR) is 40.8 cm³/mol. The minimum Gasteiger partial charge on any atom is -0.480 e. The number of hydrogen-bond acceptors (Lipinski definition) is 2. The number of hydrogen-bond donors (Lipinski definition) is 2. The molecule has 0 bridgehead atoms. The van der Waals surface area contributed by atoms with Crippen LogP contribution >= 0.6 is 0 Å². The van der Waals surface area contributed by atoms with Crippen molar-refractivity contribution < 1.29 is 9.90 Å². The summed E-state index contributed by atoms with van der Waals surface area (Å²) in [6.07, 6.45) is 0.813. The summed E-state index contributed by atoms with van der Waals surface area (Å²) in [4.78, 5) is 10.2. The first-order chi connectivity index (χ1) is 4.09. The molecule has 0 rings (SSSR count). The minimum atomic E-state index is -0.913. The van der Waals surface area contributed by atoms with Gasteiger partial charge >= 0.3 is 5.97 Å². The van der Waals surface area contributed by atoms with Crippen molar-refractivity contribution >= 4 is 35.5 Å². The topological polar surface area (TPSA) is 63.3 Å². The van der Waals surface area contributed by atoms with Crippen LogP contribution in [0.5, 0.6) is 0 Å². The Morgan fingerprint density at radius 2 is 2.10 bits per heavy atom. The minimum absolute atomic E-state index is 0. The Labute approximate surface area is 83.3 Å². The molecule has 0 saturated heterocycles. The standard InChI is InChI=1S/C6H13NO2.Na/c1-3-4(2)5(7)6(8)9;/h4-5H,3,7H2,1-2H3,(H,8,9);/t4-,5-;/m0./s1. The SMILES string of the molecule is CC[C@H](C)[C@H](N)C(=O)O.[Na]. The second kappa shape index (κ2) is 6.16. The maximum absolute atomic E-state index is 10.2. The van der Waals surface area contributed by atoms with Gasteiger partial charge in [0.15, 0.2) is 0 Å². The summed E-state index contributed by atoms with van der Waals surface area (Å²) in [5.41, 5.74) is 5.27. The molecule has 0 unspecified atom stereocenters. The molecule has 10 heavy (non-hydrogen) atoms. The summed E-state index contributed by atoms with van der Waals surface area (Å²) in [5.74, 6) is -0.841. The van der Waals surface area contributed by atoms with E-state index < -0.39 is 12.0 Å². The third-order valence-corrected chi connectivity index (χ3v) is 1.54. The van der Waals surface area contributed by atoms with Crippen LogP contribution in [0.2, 0.25) is 0 Å². The number of nitrogens with two attached hydrogens (primary N) is 1. The van der Waals surface area contributed by atoms with E-state index in [4.69, 9.17) is 10.8 Å². The molecule has 0 fully saturated rings. The average Bonchev–Trinajstić information content (AvgIpc) is 1.84. The monoisotopic (exact) mass is 154 g/mol. The predicted octanol–water partition coefficient (Wildman–Crippen LogP) is 0.0636. The average molecular weight is 154 g/mol. The molecule has 0 heterocycles. The number of rotatable bonds is 3. The van der Waals surface area contributed by atoms with Crippen molar-refractivity contribution in [3.05, 3.63) is 0 Å².